The van der Waals surface area contributed by atoms with E-state index in [0.29, 0.717) is 26.4 Å². The fraction of sp³-hybridized carbons (Fsp3) is 0.287. The van der Waals surface area contributed by atoms with Crippen molar-refractivity contribution in [2.45, 2.75) is 164 Å². The fourth-order valence-electron chi connectivity index (χ4n) is 14.9. The topological polar surface area (TPSA) is 65.9 Å². The van der Waals surface area contributed by atoms with Crippen molar-refractivity contribution < 1.29 is 18.9 Å². The molecule has 0 aliphatic heterocycles. The van der Waals surface area contributed by atoms with Gasteiger partial charge in [0.05, 0.1) is 48.8 Å². The first kappa shape index (κ1) is 75.5. The van der Waals surface area contributed by atoms with Gasteiger partial charge in [0.1, 0.15) is 23.0 Å². The lowest BCUT2D eigenvalue weighted by Crippen LogP contribution is -2.21. The van der Waals surface area contributed by atoms with Crippen LogP contribution in [0.3, 0.4) is 0 Å². The summed E-state index contributed by atoms with van der Waals surface area (Å²) >= 11 is 0. The number of anilines is 3. The molecule has 13 rings (SSSR count). The average molecular weight is 1430 g/mol. The summed E-state index contributed by atoms with van der Waals surface area (Å²) in [4.78, 5) is 13.2. The first-order valence-corrected chi connectivity index (χ1v) is 40.1. The van der Waals surface area contributed by atoms with Crippen LogP contribution in [0.15, 0.2) is 261 Å². The molecule has 0 fully saturated rings. The van der Waals surface area contributed by atoms with Gasteiger partial charge in [0.15, 0.2) is 0 Å². The molecule has 0 radical (unpaired) electrons. The maximum Gasteiger partial charge on any atom is 0.127 e. The molecule has 0 aliphatic rings. The zero-order chi connectivity index (χ0) is 74.6. The van der Waals surface area contributed by atoms with Crippen LogP contribution in [-0.4, -0.2) is 36.4 Å². The van der Waals surface area contributed by atoms with Gasteiger partial charge in [0, 0.05) is 61.1 Å². The molecule has 0 unspecified atom stereocenters. The lowest BCUT2D eigenvalue weighted by molar-refractivity contribution is 0.292. The van der Waals surface area contributed by atoms with Crippen molar-refractivity contribution in [2.75, 3.05) is 31.3 Å². The second-order valence-electron chi connectivity index (χ2n) is 29.7. The van der Waals surface area contributed by atoms with Gasteiger partial charge < -0.3 is 23.8 Å². The van der Waals surface area contributed by atoms with Crippen molar-refractivity contribution in [1.82, 2.24) is 9.97 Å². The Bertz CT molecular complexity index is 5050. The minimum atomic E-state index is -0.479. The standard InChI is InChI=1S/C101H107N3O4/c1-9-13-17-30-60-105-97-69-88(98(64-73(97)6)106-61-31-18-14-10-2)76-42-44-78(45-43-76)95-67-86(74-34-24-21-25-35-74)90-65-80(50-58-93(90)102-95)81-51-59-94-91(66-81)87(75-36-26-22-27-37-75)68-96(103-94)79-46-52-82(53-47-79)101(7,8)92-71-99(107-62-32-19-15-11-3)89(70-100(92)108-63-33-20-16-12-4)77-48-56-85(57-49-77)104(83-38-28-23-29-39-83)84-54-40-72(5)41-55-84/h21-29,34-59,64-71H,9-20,30-33,60-63H2,1-8H3. The van der Waals surface area contributed by atoms with E-state index in [-0.39, 0.29) is 0 Å². The van der Waals surface area contributed by atoms with E-state index in [1.807, 2.05) is 0 Å². The van der Waals surface area contributed by atoms with Gasteiger partial charge in [0.2, 0.25) is 0 Å². The monoisotopic (exact) mass is 1430 g/mol. The molecule has 7 nitrogen and oxygen atoms in total. The minimum absolute atomic E-state index is 0.479. The number of unbranched alkanes of at least 4 members (excludes halogenated alkanes) is 12. The molecule has 0 spiro atoms. The lowest BCUT2D eigenvalue weighted by atomic mass is 9.76. The second-order valence-corrected chi connectivity index (χ2v) is 29.7. The van der Waals surface area contributed by atoms with E-state index < -0.39 is 5.41 Å². The lowest BCUT2D eigenvalue weighted by Gasteiger charge is -2.30. The number of rotatable bonds is 36. The predicted octanol–water partition coefficient (Wildman–Crippen LogP) is 28.7. The van der Waals surface area contributed by atoms with Crippen molar-refractivity contribution >= 4 is 38.9 Å². The SMILES string of the molecule is CCCCCCOc1cc(-c2ccc(-c3cc(-c4ccccc4)c4cc(-c5ccc6nc(-c7ccc(C(C)(C)c8cc(OCCCCCC)c(-c9ccc(N(c%10ccccc%10)c%10ccc(C)cc%10)cc9)cc8OCCCCCC)cc7)cc(-c7ccccc7)c6c5)ccc4n3)cc2)c(OCCCCCC)cc1C. The highest BCUT2D eigenvalue weighted by Gasteiger charge is 2.30. The number of hydrogen-bond acceptors (Lipinski definition) is 7. The van der Waals surface area contributed by atoms with Crippen LogP contribution in [0.2, 0.25) is 0 Å². The summed E-state index contributed by atoms with van der Waals surface area (Å²) in [5, 5.41) is 2.18. The highest BCUT2D eigenvalue weighted by molar-refractivity contribution is 6.02. The van der Waals surface area contributed by atoms with Crippen LogP contribution in [0, 0.1) is 13.8 Å². The normalized spacial score (nSPS) is 11.5. The third-order valence-electron chi connectivity index (χ3n) is 21.3. The minimum Gasteiger partial charge on any atom is -0.493 e. The molecule has 108 heavy (non-hydrogen) atoms. The predicted molar refractivity (Wildman–Crippen MR) is 456 cm³/mol. The Labute approximate surface area is 643 Å². The molecule has 0 N–H and O–H groups in total. The number of nitrogens with zero attached hydrogens (tertiary/aromatic N) is 3. The summed E-state index contributed by atoms with van der Waals surface area (Å²) in [6.45, 7) is 20.6. The smallest absolute Gasteiger partial charge is 0.127 e. The van der Waals surface area contributed by atoms with Crippen LogP contribution in [-0.2, 0) is 5.41 Å². The van der Waals surface area contributed by atoms with Crippen molar-refractivity contribution in [3.05, 3.63) is 283 Å². The zero-order valence-corrected chi connectivity index (χ0v) is 64.9. The van der Waals surface area contributed by atoms with Gasteiger partial charge in [-0.1, -0.05) is 288 Å². The van der Waals surface area contributed by atoms with Crippen LogP contribution >= 0.6 is 0 Å². The van der Waals surface area contributed by atoms with E-state index in [4.69, 9.17) is 28.9 Å². The Kier molecular flexibility index (Phi) is 25.6. The maximum atomic E-state index is 7.01. The molecule has 0 amide bonds. The quantitative estimate of drug-likeness (QED) is 0.0363. The average Bonchev–Trinajstić information content (AvgIpc) is 0.762. The number of aryl methyl sites for hydroxylation is 2. The number of para-hydroxylation sites is 1. The number of benzene rings is 11. The number of hydrogen-bond donors (Lipinski definition) is 0. The highest BCUT2D eigenvalue weighted by Crippen LogP contribution is 2.47. The number of ether oxygens (including phenoxy) is 4. The Morgan fingerprint density at radius 3 is 1.12 bits per heavy atom. The van der Waals surface area contributed by atoms with Crippen molar-refractivity contribution in [2.24, 2.45) is 0 Å². The van der Waals surface area contributed by atoms with Crippen LogP contribution in [0.5, 0.6) is 23.0 Å². The van der Waals surface area contributed by atoms with Gasteiger partial charge in [0.25, 0.3) is 0 Å². The van der Waals surface area contributed by atoms with Crippen LogP contribution in [0.4, 0.5) is 17.1 Å². The summed E-state index contributed by atoms with van der Waals surface area (Å²) in [7, 11) is 0. The van der Waals surface area contributed by atoms with Crippen molar-refractivity contribution in [3.8, 4) is 101 Å². The molecule has 13 aromatic rings. The second kappa shape index (κ2) is 36.7. The molecule has 0 saturated heterocycles. The molecule has 2 aromatic heterocycles. The first-order valence-electron chi connectivity index (χ1n) is 40.1. The summed E-state index contributed by atoms with van der Waals surface area (Å²) in [6.07, 6.45) is 18.2. The largest absolute Gasteiger partial charge is 0.493 e. The van der Waals surface area contributed by atoms with Crippen molar-refractivity contribution in [3.63, 3.8) is 0 Å². The molecule has 0 atom stereocenters. The van der Waals surface area contributed by atoms with Gasteiger partial charge in [-0.2, -0.15) is 0 Å². The van der Waals surface area contributed by atoms with Crippen LogP contribution < -0.4 is 23.8 Å². The van der Waals surface area contributed by atoms with E-state index in [0.717, 1.165) is 196 Å². The van der Waals surface area contributed by atoms with Crippen molar-refractivity contribution in [1.29, 1.82) is 0 Å². The molecule has 0 bridgehead atoms. The number of fused-ring (bicyclic) bond motifs is 2. The Hall–Kier alpha value is -10.8. The maximum absolute atomic E-state index is 7.01. The molecule has 0 aliphatic carbocycles. The van der Waals surface area contributed by atoms with E-state index in [1.54, 1.807) is 0 Å². The molecular formula is C101H107N3O4. The number of aromatic nitrogens is 2. The van der Waals surface area contributed by atoms with Gasteiger partial charge in [-0.15, -0.1) is 0 Å². The molecular weight excluding hydrogens is 1320 g/mol. The Balaban J connectivity index is 0.813. The van der Waals surface area contributed by atoms with Gasteiger partial charge in [-0.05, 0) is 192 Å². The summed E-state index contributed by atoms with van der Waals surface area (Å²) in [6, 6.07) is 94.7. The fourth-order valence-corrected chi connectivity index (χ4v) is 14.9. The third kappa shape index (κ3) is 18.3. The zero-order valence-electron chi connectivity index (χ0n) is 64.9. The first-order chi connectivity index (χ1) is 53.0. The van der Waals surface area contributed by atoms with E-state index >= 15 is 0 Å². The van der Waals surface area contributed by atoms with Crippen LogP contribution in [0.25, 0.3) is 100.0 Å². The molecule has 11 aromatic carbocycles. The molecule has 0 saturated carbocycles. The summed E-state index contributed by atoms with van der Waals surface area (Å²) in [5.74, 6) is 3.57. The van der Waals surface area contributed by atoms with E-state index in [9.17, 15) is 0 Å². The highest BCUT2D eigenvalue weighted by atomic mass is 16.5. The third-order valence-corrected chi connectivity index (χ3v) is 21.3. The van der Waals surface area contributed by atoms with Gasteiger partial charge in [-0.3, -0.25) is 0 Å². The van der Waals surface area contributed by atoms with Crippen LogP contribution in [0.1, 0.15) is 167 Å². The van der Waals surface area contributed by atoms with Gasteiger partial charge in [-0.25, -0.2) is 9.97 Å². The Morgan fingerprint density at radius 2 is 0.657 bits per heavy atom. The summed E-state index contributed by atoms with van der Waals surface area (Å²) < 4.78 is 27.0. The molecule has 7 heteroatoms. The molecule has 550 valence electrons. The van der Waals surface area contributed by atoms with E-state index in [1.165, 1.54) is 68.9 Å². The Morgan fingerprint density at radius 1 is 0.296 bits per heavy atom. The van der Waals surface area contributed by atoms with Gasteiger partial charge >= 0.3 is 0 Å². The molecule has 2 heterocycles. The van der Waals surface area contributed by atoms with E-state index in [2.05, 4.69) is 321 Å². The summed E-state index contributed by atoms with van der Waals surface area (Å²) in [5.41, 5.74) is 24.2. The number of pyridine rings is 2.